The van der Waals surface area contributed by atoms with Crippen molar-refractivity contribution >= 4 is 11.8 Å². The summed E-state index contributed by atoms with van der Waals surface area (Å²) in [7, 11) is 1.70. The first-order valence-corrected chi connectivity index (χ1v) is 8.17. The van der Waals surface area contributed by atoms with Crippen molar-refractivity contribution in [3.63, 3.8) is 0 Å². The number of nitrogens with one attached hydrogen (secondary N) is 1. The first kappa shape index (κ1) is 14.5. The first-order chi connectivity index (χ1) is 9.24. The second-order valence-electron chi connectivity index (χ2n) is 5.06. The zero-order chi connectivity index (χ0) is 13.7. The number of rotatable bonds is 6. The van der Waals surface area contributed by atoms with Crippen LogP contribution in [-0.2, 0) is 0 Å². The maximum Gasteiger partial charge on any atom is 0.124 e. The molecule has 0 spiro atoms. The topological polar surface area (TPSA) is 30.5 Å². The van der Waals surface area contributed by atoms with E-state index in [0.29, 0.717) is 12.0 Å². The fraction of sp³-hybridized carbons (Fsp3) is 0.600. The van der Waals surface area contributed by atoms with Gasteiger partial charge in [-0.2, -0.15) is 11.8 Å². The molecular formula is C15H23NO2S. The van der Waals surface area contributed by atoms with Gasteiger partial charge in [0.2, 0.25) is 0 Å². The van der Waals surface area contributed by atoms with Crippen molar-refractivity contribution in [3.8, 4) is 11.5 Å². The Hall–Kier alpha value is -0.870. The van der Waals surface area contributed by atoms with Gasteiger partial charge in [-0.15, -0.1) is 0 Å². The zero-order valence-electron chi connectivity index (χ0n) is 11.9. The van der Waals surface area contributed by atoms with Crippen LogP contribution in [0, 0.1) is 5.92 Å². The lowest BCUT2D eigenvalue weighted by molar-refractivity contribution is 0.249. The van der Waals surface area contributed by atoms with Crippen molar-refractivity contribution in [2.75, 3.05) is 32.3 Å². The van der Waals surface area contributed by atoms with Gasteiger partial charge in [0.1, 0.15) is 11.5 Å². The predicted molar refractivity (Wildman–Crippen MR) is 81.4 cm³/mol. The van der Waals surface area contributed by atoms with E-state index in [1.54, 1.807) is 7.11 Å². The molecule has 0 saturated carbocycles. The van der Waals surface area contributed by atoms with Gasteiger partial charge in [0.05, 0.1) is 13.7 Å². The predicted octanol–water partition coefficient (Wildman–Crippen LogP) is 3.11. The highest BCUT2D eigenvalue weighted by Gasteiger charge is 2.22. The smallest absolute Gasteiger partial charge is 0.124 e. The van der Waals surface area contributed by atoms with Crippen molar-refractivity contribution < 1.29 is 9.47 Å². The van der Waals surface area contributed by atoms with Gasteiger partial charge in [0.25, 0.3) is 0 Å². The molecule has 2 rings (SSSR count). The van der Waals surface area contributed by atoms with Crippen LogP contribution in [0.15, 0.2) is 18.2 Å². The summed E-state index contributed by atoms with van der Waals surface area (Å²) in [6.45, 7) is 4.12. The van der Waals surface area contributed by atoms with Gasteiger partial charge in [0.15, 0.2) is 0 Å². The fourth-order valence-electron chi connectivity index (χ4n) is 2.40. The van der Waals surface area contributed by atoms with Crippen molar-refractivity contribution in [1.82, 2.24) is 5.32 Å². The van der Waals surface area contributed by atoms with E-state index in [9.17, 15) is 0 Å². The fourth-order valence-corrected chi connectivity index (χ4v) is 3.09. The number of hydrogen-bond acceptors (Lipinski definition) is 4. The molecule has 1 aromatic rings. The van der Waals surface area contributed by atoms with Crippen LogP contribution in [0.4, 0.5) is 0 Å². The SMILES string of the molecule is COc1ccc2c(c1)C(NCC(C)CSC)CCO2. The van der Waals surface area contributed by atoms with Crippen LogP contribution in [0.2, 0.25) is 0 Å². The minimum atomic E-state index is 0.378. The summed E-state index contributed by atoms with van der Waals surface area (Å²) < 4.78 is 11.0. The number of fused-ring (bicyclic) bond motifs is 1. The molecule has 106 valence electrons. The Morgan fingerprint density at radius 1 is 1.53 bits per heavy atom. The largest absolute Gasteiger partial charge is 0.497 e. The van der Waals surface area contributed by atoms with Gasteiger partial charge in [-0.05, 0) is 42.7 Å². The Morgan fingerprint density at radius 2 is 2.37 bits per heavy atom. The molecule has 4 heteroatoms. The Morgan fingerprint density at radius 3 is 3.11 bits per heavy atom. The second kappa shape index (κ2) is 7.06. The van der Waals surface area contributed by atoms with E-state index in [-0.39, 0.29) is 0 Å². The quantitative estimate of drug-likeness (QED) is 0.868. The third kappa shape index (κ3) is 3.80. The van der Waals surface area contributed by atoms with E-state index >= 15 is 0 Å². The molecule has 0 aromatic heterocycles. The van der Waals surface area contributed by atoms with Crippen LogP contribution in [0.3, 0.4) is 0 Å². The maximum atomic E-state index is 5.71. The van der Waals surface area contributed by atoms with Crippen molar-refractivity contribution in [2.24, 2.45) is 5.92 Å². The molecule has 2 atom stereocenters. The van der Waals surface area contributed by atoms with Crippen LogP contribution < -0.4 is 14.8 Å². The molecule has 1 aliphatic heterocycles. The maximum absolute atomic E-state index is 5.71. The molecule has 19 heavy (non-hydrogen) atoms. The van der Waals surface area contributed by atoms with Crippen molar-refractivity contribution in [1.29, 1.82) is 0 Å². The average molecular weight is 281 g/mol. The molecule has 0 saturated heterocycles. The van der Waals surface area contributed by atoms with Gasteiger partial charge < -0.3 is 14.8 Å². The molecule has 1 N–H and O–H groups in total. The molecule has 0 radical (unpaired) electrons. The Balaban J connectivity index is 2.04. The lowest BCUT2D eigenvalue weighted by Crippen LogP contribution is -2.31. The summed E-state index contributed by atoms with van der Waals surface area (Å²) in [5.41, 5.74) is 1.22. The third-order valence-corrected chi connectivity index (χ3v) is 4.32. The average Bonchev–Trinajstić information content (AvgIpc) is 2.44. The lowest BCUT2D eigenvalue weighted by Gasteiger charge is -2.28. The third-order valence-electron chi connectivity index (χ3n) is 3.42. The Bertz CT molecular complexity index is 411. The van der Waals surface area contributed by atoms with Crippen molar-refractivity contribution in [2.45, 2.75) is 19.4 Å². The molecular weight excluding hydrogens is 258 g/mol. The highest BCUT2D eigenvalue weighted by atomic mass is 32.2. The number of methoxy groups -OCH3 is 1. The van der Waals surface area contributed by atoms with Gasteiger partial charge in [0, 0.05) is 18.0 Å². The summed E-state index contributed by atoms with van der Waals surface area (Å²) in [4.78, 5) is 0. The van der Waals surface area contributed by atoms with E-state index in [1.165, 1.54) is 11.3 Å². The van der Waals surface area contributed by atoms with E-state index in [0.717, 1.165) is 31.1 Å². The first-order valence-electron chi connectivity index (χ1n) is 6.77. The Kier molecular flexibility index (Phi) is 5.40. The molecule has 1 aliphatic rings. The van der Waals surface area contributed by atoms with Crippen molar-refractivity contribution in [3.05, 3.63) is 23.8 Å². The highest BCUT2D eigenvalue weighted by molar-refractivity contribution is 7.98. The molecule has 0 aliphatic carbocycles. The van der Waals surface area contributed by atoms with Gasteiger partial charge in [-0.1, -0.05) is 6.92 Å². The van der Waals surface area contributed by atoms with Crippen LogP contribution in [0.5, 0.6) is 11.5 Å². The zero-order valence-corrected chi connectivity index (χ0v) is 12.8. The number of ether oxygens (including phenoxy) is 2. The minimum absolute atomic E-state index is 0.378. The lowest BCUT2D eigenvalue weighted by atomic mass is 9.99. The summed E-state index contributed by atoms with van der Waals surface area (Å²) in [6.07, 6.45) is 3.18. The summed E-state index contributed by atoms with van der Waals surface area (Å²) in [6, 6.07) is 6.43. The minimum Gasteiger partial charge on any atom is -0.497 e. The molecule has 0 bridgehead atoms. The number of benzene rings is 1. The molecule has 1 aromatic carbocycles. The van der Waals surface area contributed by atoms with E-state index in [4.69, 9.17) is 9.47 Å². The van der Waals surface area contributed by atoms with Crippen LogP contribution in [0.25, 0.3) is 0 Å². The van der Waals surface area contributed by atoms with Gasteiger partial charge in [-0.25, -0.2) is 0 Å². The van der Waals surface area contributed by atoms with E-state index in [1.807, 2.05) is 23.9 Å². The molecule has 0 fully saturated rings. The van der Waals surface area contributed by atoms with Crippen LogP contribution >= 0.6 is 11.8 Å². The summed E-state index contributed by atoms with van der Waals surface area (Å²) >= 11 is 1.90. The monoisotopic (exact) mass is 281 g/mol. The Labute approximate surface area is 120 Å². The number of hydrogen-bond donors (Lipinski definition) is 1. The van der Waals surface area contributed by atoms with Gasteiger partial charge >= 0.3 is 0 Å². The highest BCUT2D eigenvalue weighted by Crippen LogP contribution is 2.34. The van der Waals surface area contributed by atoms with E-state index < -0.39 is 0 Å². The normalized spacial score (nSPS) is 19.4. The second-order valence-corrected chi connectivity index (χ2v) is 5.97. The summed E-state index contributed by atoms with van der Waals surface area (Å²) in [5, 5.41) is 3.66. The molecule has 1 heterocycles. The van der Waals surface area contributed by atoms with E-state index in [2.05, 4.69) is 24.6 Å². The summed E-state index contributed by atoms with van der Waals surface area (Å²) in [5.74, 6) is 3.77. The molecule has 3 nitrogen and oxygen atoms in total. The standard InChI is InChI=1S/C15H23NO2S/c1-11(10-19-3)9-16-14-6-7-18-15-5-4-12(17-2)8-13(14)15/h4-5,8,11,14,16H,6-7,9-10H2,1-3H3. The van der Waals surface area contributed by atoms with Crippen LogP contribution in [-0.4, -0.2) is 32.3 Å². The molecule has 2 unspecified atom stereocenters. The van der Waals surface area contributed by atoms with Crippen LogP contribution in [0.1, 0.15) is 24.9 Å². The number of thioether (sulfide) groups is 1. The van der Waals surface area contributed by atoms with Gasteiger partial charge in [-0.3, -0.25) is 0 Å². The molecule has 0 amide bonds.